The Morgan fingerprint density at radius 3 is 2.63 bits per heavy atom. The van der Waals surface area contributed by atoms with Crippen molar-refractivity contribution < 1.29 is 19.4 Å². The van der Waals surface area contributed by atoms with Crippen molar-refractivity contribution in [2.45, 2.75) is 58.5 Å². The van der Waals surface area contributed by atoms with Crippen LogP contribution in [0.4, 0.5) is 0 Å². The molecule has 5 heteroatoms. The van der Waals surface area contributed by atoms with Crippen LogP contribution in [0.5, 0.6) is 0 Å². The number of carbonyl (C=O) groups excluding carboxylic acids is 2. The number of hydrogen-bond donors (Lipinski definition) is 1. The van der Waals surface area contributed by atoms with Gasteiger partial charge in [-0.2, -0.15) is 0 Å². The molecule has 1 fully saturated rings. The van der Waals surface area contributed by atoms with Crippen LogP contribution in [-0.2, 0) is 14.3 Å². The first kappa shape index (κ1) is 16.0. The Hall–Kier alpha value is -1.10. The summed E-state index contributed by atoms with van der Waals surface area (Å²) >= 11 is 0. The number of aliphatic hydroxyl groups excluding tert-OH is 1. The number of carbonyl (C=O) groups is 2. The number of rotatable bonds is 5. The van der Waals surface area contributed by atoms with E-state index in [2.05, 4.69) is 0 Å². The van der Waals surface area contributed by atoms with E-state index >= 15 is 0 Å². The van der Waals surface area contributed by atoms with Crippen LogP contribution in [0, 0.1) is 5.41 Å². The molecule has 19 heavy (non-hydrogen) atoms. The molecular weight excluding hydrogens is 246 g/mol. The van der Waals surface area contributed by atoms with Gasteiger partial charge in [0.2, 0.25) is 5.91 Å². The highest BCUT2D eigenvalue weighted by Gasteiger charge is 2.45. The summed E-state index contributed by atoms with van der Waals surface area (Å²) in [7, 11) is 1.35. The SMILES string of the molecule is COC(=O)C(N1C(=O)CC[C@@H]1CCCO)C(C)(C)C. The average molecular weight is 271 g/mol. The lowest BCUT2D eigenvalue weighted by atomic mass is 9.85. The number of aliphatic hydroxyl groups is 1. The van der Waals surface area contributed by atoms with E-state index in [0.717, 1.165) is 12.8 Å². The van der Waals surface area contributed by atoms with Crippen LogP contribution in [-0.4, -0.2) is 47.7 Å². The molecule has 0 aromatic heterocycles. The fraction of sp³-hybridized carbons (Fsp3) is 0.857. The van der Waals surface area contributed by atoms with Crippen molar-refractivity contribution >= 4 is 11.9 Å². The maximum atomic E-state index is 12.1. The van der Waals surface area contributed by atoms with Crippen LogP contribution in [0.25, 0.3) is 0 Å². The molecule has 1 amide bonds. The summed E-state index contributed by atoms with van der Waals surface area (Å²) in [5.74, 6) is -0.356. The maximum Gasteiger partial charge on any atom is 0.329 e. The van der Waals surface area contributed by atoms with Crippen molar-refractivity contribution in [1.29, 1.82) is 0 Å². The van der Waals surface area contributed by atoms with Gasteiger partial charge in [-0.1, -0.05) is 20.8 Å². The van der Waals surface area contributed by atoms with Crippen molar-refractivity contribution in [3.05, 3.63) is 0 Å². The number of nitrogens with zero attached hydrogens (tertiary/aromatic N) is 1. The van der Waals surface area contributed by atoms with Crippen LogP contribution in [0.15, 0.2) is 0 Å². The predicted octanol–water partition coefficient (Wildman–Crippen LogP) is 1.34. The topological polar surface area (TPSA) is 66.8 Å². The van der Waals surface area contributed by atoms with Crippen LogP contribution in [0.1, 0.15) is 46.5 Å². The molecule has 0 saturated carbocycles. The lowest BCUT2D eigenvalue weighted by molar-refractivity contribution is -0.157. The molecule has 5 nitrogen and oxygen atoms in total. The van der Waals surface area contributed by atoms with E-state index < -0.39 is 6.04 Å². The van der Waals surface area contributed by atoms with Crippen LogP contribution < -0.4 is 0 Å². The summed E-state index contributed by atoms with van der Waals surface area (Å²) in [4.78, 5) is 25.8. The largest absolute Gasteiger partial charge is 0.467 e. The number of likely N-dealkylation sites (tertiary alicyclic amines) is 1. The molecule has 0 aliphatic carbocycles. The first-order valence-corrected chi connectivity index (χ1v) is 6.82. The molecule has 0 radical (unpaired) electrons. The van der Waals surface area contributed by atoms with Crippen LogP contribution in [0.3, 0.4) is 0 Å². The van der Waals surface area contributed by atoms with E-state index in [9.17, 15) is 9.59 Å². The van der Waals surface area contributed by atoms with Gasteiger partial charge in [0.1, 0.15) is 6.04 Å². The lowest BCUT2D eigenvalue weighted by Crippen LogP contribution is -2.53. The zero-order valence-electron chi connectivity index (χ0n) is 12.3. The van der Waals surface area contributed by atoms with Crippen molar-refractivity contribution in [1.82, 2.24) is 4.90 Å². The van der Waals surface area contributed by atoms with Crippen molar-refractivity contribution in [3.8, 4) is 0 Å². The van der Waals surface area contributed by atoms with Gasteiger partial charge in [0.25, 0.3) is 0 Å². The quantitative estimate of drug-likeness (QED) is 0.766. The van der Waals surface area contributed by atoms with Gasteiger partial charge in [-0.25, -0.2) is 4.79 Å². The normalized spacial score (nSPS) is 21.6. The van der Waals surface area contributed by atoms with Gasteiger partial charge < -0.3 is 14.7 Å². The molecule has 0 bridgehead atoms. The van der Waals surface area contributed by atoms with Gasteiger partial charge in [-0.15, -0.1) is 0 Å². The standard InChI is InChI=1S/C14H25NO4/c1-14(2,3)12(13(18)19-4)15-10(6-5-9-16)7-8-11(15)17/h10,12,16H,5-9H2,1-4H3/t10-,12?/m0/s1. The molecule has 1 N–H and O–H groups in total. The lowest BCUT2D eigenvalue weighted by Gasteiger charge is -2.39. The monoisotopic (exact) mass is 271 g/mol. The number of hydrogen-bond acceptors (Lipinski definition) is 4. The minimum Gasteiger partial charge on any atom is -0.467 e. The molecule has 1 heterocycles. The summed E-state index contributed by atoms with van der Waals surface area (Å²) in [6, 6.07) is -0.529. The number of amides is 1. The van der Waals surface area contributed by atoms with Crippen molar-refractivity contribution in [3.63, 3.8) is 0 Å². The predicted molar refractivity (Wildman–Crippen MR) is 71.4 cm³/mol. The van der Waals surface area contributed by atoms with E-state index in [1.807, 2.05) is 20.8 Å². The van der Waals surface area contributed by atoms with Gasteiger partial charge in [0.05, 0.1) is 7.11 Å². The zero-order valence-corrected chi connectivity index (χ0v) is 12.3. The first-order chi connectivity index (χ1) is 8.82. The summed E-state index contributed by atoms with van der Waals surface area (Å²) in [5, 5.41) is 8.94. The third kappa shape index (κ3) is 3.69. The molecule has 1 saturated heterocycles. The average Bonchev–Trinajstić information content (AvgIpc) is 2.67. The highest BCUT2D eigenvalue weighted by atomic mass is 16.5. The van der Waals surface area contributed by atoms with Gasteiger partial charge in [-0.3, -0.25) is 4.79 Å². The maximum absolute atomic E-state index is 12.1. The number of esters is 1. The second kappa shape index (κ2) is 6.37. The minimum atomic E-state index is -0.559. The smallest absolute Gasteiger partial charge is 0.329 e. The van der Waals surface area contributed by atoms with Crippen LogP contribution >= 0.6 is 0 Å². The van der Waals surface area contributed by atoms with E-state index in [0.29, 0.717) is 12.8 Å². The molecule has 110 valence electrons. The molecule has 1 aliphatic heterocycles. The highest BCUT2D eigenvalue weighted by Crippen LogP contribution is 2.33. The summed E-state index contributed by atoms with van der Waals surface area (Å²) in [6.45, 7) is 5.91. The Labute approximate surface area is 114 Å². The summed E-state index contributed by atoms with van der Waals surface area (Å²) < 4.78 is 4.87. The molecule has 0 aromatic rings. The second-order valence-corrected chi connectivity index (χ2v) is 6.15. The van der Waals surface area contributed by atoms with Gasteiger partial charge in [0.15, 0.2) is 0 Å². The Bertz CT molecular complexity index is 335. The highest BCUT2D eigenvalue weighted by molar-refractivity contribution is 5.86. The third-order valence-electron chi connectivity index (χ3n) is 3.59. The Morgan fingerprint density at radius 2 is 2.16 bits per heavy atom. The molecule has 1 aliphatic rings. The van der Waals surface area contributed by atoms with Crippen molar-refractivity contribution in [2.24, 2.45) is 5.41 Å². The molecule has 0 spiro atoms. The van der Waals surface area contributed by atoms with Gasteiger partial charge in [-0.05, 0) is 24.7 Å². The fourth-order valence-corrected chi connectivity index (χ4v) is 2.72. The summed E-state index contributed by atoms with van der Waals surface area (Å²) in [6.07, 6.45) is 2.60. The molecular formula is C14H25NO4. The second-order valence-electron chi connectivity index (χ2n) is 6.15. The number of methoxy groups -OCH3 is 1. The Balaban J connectivity index is 2.97. The van der Waals surface area contributed by atoms with E-state index in [4.69, 9.17) is 9.84 Å². The Morgan fingerprint density at radius 1 is 1.53 bits per heavy atom. The third-order valence-corrected chi connectivity index (χ3v) is 3.59. The number of ether oxygens (including phenoxy) is 1. The molecule has 2 atom stereocenters. The van der Waals surface area contributed by atoms with E-state index in [1.54, 1.807) is 4.90 Å². The first-order valence-electron chi connectivity index (χ1n) is 6.82. The van der Waals surface area contributed by atoms with E-state index in [-0.39, 0.29) is 29.9 Å². The fourth-order valence-electron chi connectivity index (χ4n) is 2.72. The Kier molecular flexibility index (Phi) is 5.35. The molecule has 0 aromatic carbocycles. The van der Waals surface area contributed by atoms with Crippen molar-refractivity contribution in [2.75, 3.05) is 13.7 Å². The molecule has 1 unspecified atom stereocenters. The van der Waals surface area contributed by atoms with Gasteiger partial charge >= 0.3 is 5.97 Å². The van der Waals surface area contributed by atoms with Gasteiger partial charge in [0, 0.05) is 19.1 Å². The molecule has 1 rings (SSSR count). The van der Waals surface area contributed by atoms with E-state index in [1.165, 1.54) is 7.11 Å². The zero-order chi connectivity index (χ0) is 14.6. The minimum absolute atomic E-state index is 0.00765. The summed E-state index contributed by atoms with van der Waals surface area (Å²) in [5.41, 5.74) is -0.370. The van der Waals surface area contributed by atoms with Crippen LogP contribution in [0.2, 0.25) is 0 Å².